The zero-order valence-corrected chi connectivity index (χ0v) is 13.0. The Hall–Kier alpha value is -0.680. The summed E-state index contributed by atoms with van der Waals surface area (Å²) in [6.07, 6.45) is 1.86. The molecule has 1 aromatic heterocycles. The zero-order valence-electron chi connectivity index (χ0n) is 9.86. The van der Waals surface area contributed by atoms with Crippen molar-refractivity contribution >= 4 is 42.8 Å². The summed E-state index contributed by atoms with van der Waals surface area (Å²) in [6, 6.07) is 7.69. The van der Waals surface area contributed by atoms with E-state index in [1.54, 1.807) is 4.57 Å². The predicted molar refractivity (Wildman–Crippen MR) is 79.5 cm³/mol. The Morgan fingerprint density at radius 2 is 2.11 bits per heavy atom. The number of aromatic nitrogens is 2. The van der Waals surface area contributed by atoms with Crippen LogP contribution in [0.5, 0.6) is 0 Å². The Morgan fingerprint density at radius 3 is 2.89 bits per heavy atom. The third-order valence-corrected chi connectivity index (χ3v) is 4.95. The highest BCUT2D eigenvalue weighted by Crippen LogP contribution is 2.46. The molecule has 2 heterocycles. The number of halogens is 2. The Bertz CT molecular complexity index is 678. The van der Waals surface area contributed by atoms with Gasteiger partial charge in [0.1, 0.15) is 9.06 Å². The van der Waals surface area contributed by atoms with Crippen LogP contribution in [0.1, 0.15) is 31.6 Å². The summed E-state index contributed by atoms with van der Waals surface area (Å²) in [7, 11) is 0. The van der Waals surface area contributed by atoms with E-state index >= 15 is 0 Å². The number of rotatable bonds is 0. The van der Waals surface area contributed by atoms with Gasteiger partial charge >= 0.3 is 0 Å². The number of hydrogen-bond donors (Lipinski definition) is 0. The molecule has 0 N–H and O–H groups in total. The molecule has 3 rings (SSSR count). The number of benzene rings is 1. The van der Waals surface area contributed by atoms with Crippen LogP contribution in [0, 0.1) is 0 Å². The molecular formula is C13H12Br2N2O. The third kappa shape index (κ3) is 1.75. The molecule has 1 atom stereocenters. The SMILES string of the molecule is CC1CCC(Br)(Br)c2nc3ccccc3c(=O)n21. The molecule has 1 aliphatic heterocycles. The molecule has 94 valence electrons. The topological polar surface area (TPSA) is 34.9 Å². The number of fused-ring (bicyclic) bond motifs is 2. The van der Waals surface area contributed by atoms with Crippen LogP contribution >= 0.6 is 31.9 Å². The summed E-state index contributed by atoms with van der Waals surface area (Å²) in [6.45, 7) is 2.07. The van der Waals surface area contributed by atoms with Crippen LogP contribution in [0.3, 0.4) is 0 Å². The monoisotopic (exact) mass is 370 g/mol. The minimum atomic E-state index is -0.393. The fraction of sp³-hybridized carbons (Fsp3) is 0.385. The molecule has 0 radical (unpaired) electrons. The summed E-state index contributed by atoms with van der Waals surface area (Å²) in [5, 5.41) is 0.686. The summed E-state index contributed by atoms with van der Waals surface area (Å²) < 4.78 is 1.41. The second-order valence-corrected chi connectivity index (χ2v) is 8.49. The van der Waals surface area contributed by atoms with Crippen molar-refractivity contribution in [2.24, 2.45) is 0 Å². The van der Waals surface area contributed by atoms with Crippen LogP contribution in [0.25, 0.3) is 10.9 Å². The van der Waals surface area contributed by atoms with E-state index in [0.717, 1.165) is 24.2 Å². The van der Waals surface area contributed by atoms with Crippen LogP contribution < -0.4 is 5.56 Å². The lowest BCUT2D eigenvalue weighted by atomic mass is 10.0. The Labute approximate surface area is 121 Å². The Balaban J connectivity index is 2.44. The predicted octanol–water partition coefficient (Wildman–Crippen LogP) is 3.69. The summed E-state index contributed by atoms with van der Waals surface area (Å²) in [4.78, 5) is 17.2. The highest BCUT2D eigenvalue weighted by atomic mass is 79.9. The van der Waals surface area contributed by atoms with Crippen molar-refractivity contribution in [3.05, 3.63) is 40.4 Å². The highest BCUT2D eigenvalue weighted by molar-refractivity contribution is 9.24. The van der Waals surface area contributed by atoms with Crippen LogP contribution in [0.15, 0.2) is 29.1 Å². The zero-order chi connectivity index (χ0) is 12.9. The van der Waals surface area contributed by atoms with Gasteiger partial charge in [-0.2, -0.15) is 0 Å². The lowest BCUT2D eigenvalue weighted by Crippen LogP contribution is -2.36. The molecule has 0 bridgehead atoms. The van der Waals surface area contributed by atoms with Gasteiger partial charge in [-0.1, -0.05) is 44.0 Å². The molecule has 1 unspecified atom stereocenters. The number of hydrogen-bond acceptors (Lipinski definition) is 2. The maximum absolute atomic E-state index is 12.6. The van der Waals surface area contributed by atoms with Gasteiger partial charge in [0.15, 0.2) is 0 Å². The average molecular weight is 372 g/mol. The minimum Gasteiger partial charge on any atom is -0.291 e. The van der Waals surface area contributed by atoms with Crippen LogP contribution in [0.2, 0.25) is 0 Å². The highest BCUT2D eigenvalue weighted by Gasteiger charge is 2.37. The Morgan fingerprint density at radius 1 is 1.39 bits per heavy atom. The Kier molecular flexibility index (Phi) is 2.86. The third-order valence-electron chi connectivity index (χ3n) is 3.45. The van der Waals surface area contributed by atoms with E-state index in [1.165, 1.54) is 0 Å². The van der Waals surface area contributed by atoms with E-state index in [-0.39, 0.29) is 11.6 Å². The quantitative estimate of drug-likeness (QED) is 0.662. The first-order valence-corrected chi connectivity index (χ1v) is 7.49. The molecule has 0 aliphatic carbocycles. The van der Waals surface area contributed by atoms with Gasteiger partial charge in [0.25, 0.3) is 5.56 Å². The molecule has 0 amide bonds. The molecule has 0 spiro atoms. The first-order chi connectivity index (χ1) is 8.50. The maximum atomic E-state index is 12.6. The lowest BCUT2D eigenvalue weighted by molar-refractivity contribution is 0.397. The van der Waals surface area contributed by atoms with Gasteiger partial charge in [-0.3, -0.25) is 9.36 Å². The molecule has 3 nitrogen and oxygen atoms in total. The second kappa shape index (κ2) is 4.17. The van der Waals surface area contributed by atoms with E-state index < -0.39 is 3.23 Å². The molecule has 0 fully saturated rings. The van der Waals surface area contributed by atoms with E-state index in [4.69, 9.17) is 0 Å². The second-order valence-electron chi connectivity index (χ2n) is 4.72. The first-order valence-electron chi connectivity index (χ1n) is 5.90. The molecule has 5 heteroatoms. The standard InChI is InChI=1S/C13H12Br2N2O/c1-8-6-7-13(14,15)12-16-10-5-3-2-4-9(10)11(18)17(8)12/h2-5,8H,6-7H2,1H3. The van der Waals surface area contributed by atoms with Crippen molar-refractivity contribution in [3.63, 3.8) is 0 Å². The van der Waals surface area contributed by atoms with Crippen molar-refractivity contribution in [2.75, 3.05) is 0 Å². The van der Waals surface area contributed by atoms with Crippen molar-refractivity contribution in [3.8, 4) is 0 Å². The van der Waals surface area contributed by atoms with Crippen LogP contribution in [0.4, 0.5) is 0 Å². The first kappa shape index (κ1) is 12.4. The van der Waals surface area contributed by atoms with Crippen LogP contribution in [-0.2, 0) is 3.23 Å². The number of para-hydroxylation sites is 1. The van der Waals surface area contributed by atoms with Gasteiger partial charge < -0.3 is 0 Å². The molecule has 1 aliphatic rings. The fourth-order valence-corrected chi connectivity index (χ4v) is 3.46. The van der Waals surface area contributed by atoms with Crippen LogP contribution in [-0.4, -0.2) is 9.55 Å². The summed E-state index contributed by atoms with van der Waals surface area (Å²) >= 11 is 7.27. The van der Waals surface area contributed by atoms with Gasteiger partial charge in [0.05, 0.1) is 10.9 Å². The van der Waals surface area contributed by atoms with Crippen molar-refractivity contribution in [1.82, 2.24) is 9.55 Å². The maximum Gasteiger partial charge on any atom is 0.261 e. The number of nitrogens with zero attached hydrogens (tertiary/aromatic N) is 2. The van der Waals surface area contributed by atoms with Crippen molar-refractivity contribution in [1.29, 1.82) is 0 Å². The van der Waals surface area contributed by atoms with E-state index in [9.17, 15) is 4.79 Å². The summed E-state index contributed by atoms with van der Waals surface area (Å²) in [5.74, 6) is 0.768. The molecular weight excluding hydrogens is 360 g/mol. The van der Waals surface area contributed by atoms with E-state index in [0.29, 0.717) is 5.39 Å². The van der Waals surface area contributed by atoms with E-state index in [1.807, 2.05) is 24.3 Å². The number of alkyl halides is 2. The van der Waals surface area contributed by atoms with Gasteiger partial charge in [-0.05, 0) is 31.9 Å². The summed E-state index contributed by atoms with van der Waals surface area (Å²) in [5.41, 5.74) is 0.803. The largest absolute Gasteiger partial charge is 0.291 e. The average Bonchev–Trinajstić information content (AvgIpc) is 2.35. The van der Waals surface area contributed by atoms with Crippen molar-refractivity contribution in [2.45, 2.75) is 29.0 Å². The lowest BCUT2D eigenvalue weighted by Gasteiger charge is -2.33. The van der Waals surface area contributed by atoms with Crippen molar-refractivity contribution < 1.29 is 0 Å². The van der Waals surface area contributed by atoms with Gasteiger partial charge in [-0.15, -0.1) is 0 Å². The molecule has 1 aromatic carbocycles. The normalized spacial score (nSPS) is 21.8. The smallest absolute Gasteiger partial charge is 0.261 e. The minimum absolute atomic E-state index is 0.0473. The molecule has 18 heavy (non-hydrogen) atoms. The van der Waals surface area contributed by atoms with Gasteiger partial charge in [-0.25, -0.2) is 4.98 Å². The molecule has 0 saturated heterocycles. The fourth-order valence-electron chi connectivity index (χ4n) is 2.44. The van der Waals surface area contributed by atoms with E-state index in [2.05, 4.69) is 43.8 Å². The van der Waals surface area contributed by atoms with Gasteiger partial charge in [0.2, 0.25) is 0 Å². The van der Waals surface area contributed by atoms with Gasteiger partial charge in [0, 0.05) is 6.04 Å². The molecule has 2 aromatic rings. The molecule has 0 saturated carbocycles.